The van der Waals surface area contributed by atoms with E-state index in [2.05, 4.69) is 50.4 Å². The predicted octanol–water partition coefficient (Wildman–Crippen LogP) is 3.13. The van der Waals surface area contributed by atoms with E-state index in [1.54, 1.807) is 0 Å². The fourth-order valence-corrected chi connectivity index (χ4v) is 1.97. The highest BCUT2D eigenvalue weighted by atomic mass is 16.3. The fraction of sp³-hybridized carbons (Fsp3) is 0.600. The average molecular weight is 235 g/mol. The first kappa shape index (κ1) is 14.2. The van der Waals surface area contributed by atoms with Crippen LogP contribution in [0, 0.1) is 5.41 Å². The Hall–Kier alpha value is -0.860. The lowest BCUT2D eigenvalue weighted by molar-refractivity contribution is 0.222. The highest BCUT2D eigenvalue weighted by Crippen LogP contribution is 2.29. The smallest absolute Gasteiger partial charge is 0.0582 e. The van der Waals surface area contributed by atoms with Gasteiger partial charge >= 0.3 is 0 Å². The van der Waals surface area contributed by atoms with Crippen LogP contribution in [0.2, 0.25) is 0 Å². The second kappa shape index (κ2) is 6.18. The van der Waals surface area contributed by atoms with E-state index in [0.29, 0.717) is 6.04 Å². The minimum Gasteiger partial charge on any atom is -0.395 e. The van der Waals surface area contributed by atoms with Gasteiger partial charge in [0.15, 0.2) is 0 Å². The van der Waals surface area contributed by atoms with Crippen molar-refractivity contribution < 1.29 is 5.11 Å². The summed E-state index contributed by atoms with van der Waals surface area (Å²) in [5.74, 6) is 0. The van der Waals surface area contributed by atoms with Gasteiger partial charge in [-0.1, -0.05) is 51.1 Å². The first-order valence-corrected chi connectivity index (χ1v) is 6.34. The van der Waals surface area contributed by atoms with E-state index in [-0.39, 0.29) is 18.1 Å². The fourth-order valence-electron chi connectivity index (χ4n) is 1.97. The van der Waals surface area contributed by atoms with Gasteiger partial charge in [-0.15, -0.1) is 0 Å². The third-order valence-electron chi connectivity index (χ3n) is 2.78. The topological polar surface area (TPSA) is 32.3 Å². The van der Waals surface area contributed by atoms with Gasteiger partial charge in [-0.2, -0.15) is 0 Å². The number of rotatable bonds is 5. The van der Waals surface area contributed by atoms with Crippen LogP contribution < -0.4 is 5.32 Å². The van der Waals surface area contributed by atoms with Crippen LogP contribution in [0.5, 0.6) is 0 Å². The first-order chi connectivity index (χ1) is 7.92. The van der Waals surface area contributed by atoms with Crippen molar-refractivity contribution >= 4 is 0 Å². The summed E-state index contributed by atoms with van der Waals surface area (Å²) in [6.07, 6.45) is 1.06. The zero-order valence-electron chi connectivity index (χ0n) is 11.4. The Kier molecular flexibility index (Phi) is 5.16. The van der Waals surface area contributed by atoms with Gasteiger partial charge in [0.05, 0.1) is 6.61 Å². The summed E-state index contributed by atoms with van der Waals surface area (Å²) in [6, 6.07) is 10.9. The molecule has 96 valence electrons. The van der Waals surface area contributed by atoms with Crippen molar-refractivity contribution in [2.24, 2.45) is 5.41 Å². The molecule has 0 aromatic heterocycles. The van der Waals surface area contributed by atoms with Gasteiger partial charge in [0, 0.05) is 12.1 Å². The van der Waals surface area contributed by atoms with Crippen LogP contribution >= 0.6 is 0 Å². The van der Waals surface area contributed by atoms with Crippen molar-refractivity contribution in [3.8, 4) is 0 Å². The van der Waals surface area contributed by atoms with Gasteiger partial charge in [-0.25, -0.2) is 0 Å². The number of benzene rings is 1. The number of aliphatic hydroxyl groups excluding tert-OH is 1. The third kappa shape index (κ3) is 5.33. The Morgan fingerprint density at radius 3 is 2.24 bits per heavy atom. The predicted molar refractivity (Wildman–Crippen MR) is 72.9 cm³/mol. The lowest BCUT2D eigenvalue weighted by Crippen LogP contribution is -2.35. The van der Waals surface area contributed by atoms with Crippen LogP contribution in [0.25, 0.3) is 0 Å². The molecule has 0 aliphatic rings. The van der Waals surface area contributed by atoms with Crippen LogP contribution in [-0.2, 0) is 0 Å². The van der Waals surface area contributed by atoms with Crippen LogP contribution in [0.3, 0.4) is 0 Å². The molecule has 0 aliphatic carbocycles. The van der Waals surface area contributed by atoms with Gasteiger partial charge in [0.25, 0.3) is 0 Å². The van der Waals surface area contributed by atoms with Crippen LogP contribution in [-0.4, -0.2) is 17.8 Å². The molecule has 0 saturated carbocycles. The molecule has 2 atom stereocenters. The summed E-state index contributed by atoms with van der Waals surface area (Å²) in [5, 5.41) is 12.7. The maximum absolute atomic E-state index is 9.17. The molecule has 2 N–H and O–H groups in total. The summed E-state index contributed by atoms with van der Waals surface area (Å²) in [4.78, 5) is 0. The Morgan fingerprint density at radius 2 is 1.76 bits per heavy atom. The maximum atomic E-state index is 9.17. The largest absolute Gasteiger partial charge is 0.395 e. The van der Waals surface area contributed by atoms with Crippen molar-refractivity contribution in [3.63, 3.8) is 0 Å². The molecule has 0 heterocycles. The summed E-state index contributed by atoms with van der Waals surface area (Å²) in [7, 11) is 0. The number of nitrogens with one attached hydrogen (secondary N) is 1. The molecule has 1 aromatic rings. The van der Waals surface area contributed by atoms with E-state index in [1.165, 1.54) is 5.56 Å². The number of aliphatic hydroxyl groups is 1. The summed E-state index contributed by atoms with van der Waals surface area (Å²) in [6.45, 7) is 8.92. The molecule has 0 spiro atoms. The molecule has 0 fully saturated rings. The van der Waals surface area contributed by atoms with Gasteiger partial charge in [-0.3, -0.25) is 0 Å². The Morgan fingerprint density at radius 1 is 1.18 bits per heavy atom. The van der Waals surface area contributed by atoms with E-state index in [4.69, 9.17) is 5.11 Å². The summed E-state index contributed by atoms with van der Waals surface area (Å²) in [5.41, 5.74) is 1.56. The standard InChI is InChI=1S/C15H25NO/c1-12(11-17)16-14(10-15(2,3)4)13-8-6-5-7-9-13/h5-9,12,14,16-17H,10-11H2,1-4H3. The Labute approximate surface area is 105 Å². The molecular formula is C15H25NO. The molecule has 0 amide bonds. The van der Waals surface area contributed by atoms with Gasteiger partial charge < -0.3 is 10.4 Å². The molecule has 17 heavy (non-hydrogen) atoms. The number of hydrogen-bond donors (Lipinski definition) is 2. The molecule has 0 bridgehead atoms. The van der Waals surface area contributed by atoms with E-state index in [0.717, 1.165) is 6.42 Å². The molecule has 0 aliphatic heterocycles. The molecule has 0 saturated heterocycles. The lowest BCUT2D eigenvalue weighted by atomic mass is 9.85. The van der Waals surface area contributed by atoms with E-state index in [1.807, 2.05) is 13.0 Å². The molecule has 1 rings (SSSR count). The third-order valence-corrected chi connectivity index (χ3v) is 2.78. The minimum atomic E-state index is 0.127. The first-order valence-electron chi connectivity index (χ1n) is 6.34. The zero-order valence-corrected chi connectivity index (χ0v) is 11.4. The average Bonchev–Trinajstić information content (AvgIpc) is 2.27. The van der Waals surface area contributed by atoms with Gasteiger partial charge in [0.1, 0.15) is 0 Å². The van der Waals surface area contributed by atoms with Crippen LogP contribution in [0.15, 0.2) is 30.3 Å². The minimum absolute atomic E-state index is 0.127. The number of hydrogen-bond acceptors (Lipinski definition) is 2. The highest BCUT2D eigenvalue weighted by Gasteiger charge is 2.21. The van der Waals surface area contributed by atoms with E-state index >= 15 is 0 Å². The van der Waals surface area contributed by atoms with Crippen molar-refractivity contribution in [2.75, 3.05) is 6.61 Å². The molecule has 1 aromatic carbocycles. The monoisotopic (exact) mass is 235 g/mol. The van der Waals surface area contributed by atoms with Crippen molar-refractivity contribution in [1.29, 1.82) is 0 Å². The van der Waals surface area contributed by atoms with E-state index in [9.17, 15) is 0 Å². The molecule has 2 unspecified atom stereocenters. The van der Waals surface area contributed by atoms with E-state index < -0.39 is 0 Å². The Balaban J connectivity index is 2.79. The molecule has 2 nitrogen and oxygen atoms in total. The summed E-state index contributed by atoms with van der Waals surface area (Å²) < 4.78 is 0. The zero-order chi connectivity index (χ0) is 12.9. The van der Waals surface area contributed by atoms with Gasteiger partial charge in [-0.05, 0) is 24.3 Å². The van der Waals surface area contributed by atoms with Gasteiger partial charge in [0.2, 0.25) is 0 Å². The maximum Gasteiger partial charge on any atom is 0.0582 e. The quantitative estimate of drug-likeness (QED) is 0.822. The van der Waals surface area contributed by atoms with Crippen LogP contribution in [0.4, 0.5) is 0 Å². The van der Waals surface area contributed by atoms with Crippen molar-refractivity contribution in [3.05, 3.63) is 35.9 Å². The van der Waals surface area contributed by atoms with Crippen molar-refractivity contribution in [2.45, 2.75) is 46.2 Å². The Bertz CT molecular complexity index is 315. The highest BCUT2D eigenvalue weighted by molar-refractivity contribution is 5.19. The SMILES string of the molecule is CC(CO)NC(CC(C)(C)C)c1ccccc1. The van der Waals surface area contributed by atoms with Crippen LogP contribution in [0.1, 0.15) is 45.7 Å². The summed E-state index contributed by atoms with van der Waals surface area (Å²) >= 11 is 0. The molecule has 2 heteroatoms. The molecular weight excluding hydrogens is 210 g/mol. The lowest BCUT2D eigenvalue weighted by Gasteiger charge is -2.29. The second-order valence-corrected chi connectivity index (χ2v) is 5.98. The normalized spacial score (nSPS) is 15.6. The van der Waals surface area contributed by atoms with Crippen molar-refractivity contribution in [1.82, 2.24) is 5.32 Å². The molecule has 0 radical (unpaired) electrons. The second-order valence-electron chi connectivity index (χ2n) is 5.98.